The molecule has 6 nitrogen and oxygen atoms in total. The van der Waals surface area contributed by atoms with Crippen LogP contribution >= 0.6 is 0 Å². The number of aromatic nitrogens is 4. The number of nitrogens with one attached hydrogen (secondary N) is 1. The topological polar surface area (TPSA) is 66.8 Å². The highest BCUT2D eigenvalue weighted by molar-refractivity contribution is 5.79. The normalized spacial score (nSPS) is 16.8. The summed E-state index contributed by atoms with van der Waals surface area (Å²) in [4.78, 5) is 26.5. The molecule has 1 aromatic carbocycles. The molecule has 0 saturated heterocycles. The van der Waals surface area contributed by atoms with Crippen LogP contribution in [-0.2, 0) is 24.2 Å². The molecule has 1 aliphatic carbocycles. The van der Waals surface area contributed by atoms with Crippen molar-refractivity contribution in [1.29, 1.82) is 0 Å². The Morgan fingerprint density at radius 1 is 1.36 bits per heavy atom. The van der Waals surface area contributed by atoms with Gasteiger partial charge in [-0.15, -0.1) is 0 Å². The number of aryl methyl sites for hydroxylation is 2. The Kier molecular flexibility index (Phi) is 4.26. The largest absolute Gasteiger partial charge is 0.348 e. The third kappa shape index (κ3) is 3.16. The van der Waals surface area contributed by atoms with Gasteiger partial charge in [-0.3, -0.25) is 4.79 Å². The molecule has 25 heavy (non-hydrogen) atoms. The third-order valence-corrected chi connectivity index (χ3v) is 5.13. The zero-order valence-electron chi connectivity index (χ0n) is 14.5. The first kappa shape index (κ1) is 15.9. The highest BCUT2D eigenvalue weighted by Crippen LogP contribution is 2.24. The van der Waals surface area contributed by atoms with Gasteiger partial charge in [-0.2, -0.15) is 0 Å². The number of para-hydroxylation sites is 2. The van der Waals surface area contributed by atoms with Crippen molar-refractivity contribution in [3.63, 3.8) is 0 Å². The fourth-order valence-electron chi connectivity index (χ4n) is 3.70. The number of aromatic amines is 1. The summed E-state index contributed by atoms with van der Waals surface area (Å²) in [6.45, 7) is 1.63. The number of hydrogen-bond donors (Lipinski definition) is 1. The SMILES string of the molecule is CN(CCCn1cnc2ccccc21)C(=O)C1CCc2nc[nH]c2C1. The van der Waals surface area contributed by atoms with E-state index in [9.17, 15) is 4.79 Å². The van der Waals surface area contributed by atoms with Crippen LogP contribution in [-0.4, -0.2) is 43.9 Å². The minimum absolute atomic E-state index is 0.0759. The highest BCUT2D eigenvalue weighted by Gasteiger charge is 2.28. The van der Waals surface area contributed by atoms with E-state index in [0.717, 1.165) is 61.2 Å². The van der Waals surface area contributed by atoms with Crippen molar-refractivity contribution in [2.24, 2.45) is 5.92 Å². The van der Waals surface area contributed by atoms with E-state index in [2.05, 4.69) is 25.6 Å². The number of carbonyl (C=O) groups excluding carboxylic acids is 1. The molecule has 1 amide bonds. The third-order valence-electron chi connectivity index (χ3n) is 5.13. The minimum atomic E-state index is 0.0759. The Labute approximate surface area is 146 Å². The Morgan fingerprint density at radius 2 is 2.24 bits per heavy atom. The van der Waals surface area contributed by atoms with Gasteiger partial charge in [-0.1, -0.05) is 12.1 Å². The number of H-pyrrole nitrogens is 1. The average Bonchev–Trinajstić information content (AvgIpc) is 3.27. The molecule has 4 rings (SSSR count). The molecule has 3 aromatic rings. The van der Waals surface area contributed by atoms with Crippen molar-refractivity contribution in [1.82, 2.24) is 24.4 Å². The van der Waals surface area contributed by atoms with Gasteiger partial charge in [0.25, 0.3) is 0 Å². The monoisotopic (exact) mass is 337 g/mol. The van der Waals surface area contributed by atoms with Crippen molar-refractivity contribution < 1.29 is 4.79 Å². The molecule has 0 radical (unpaired) electrons. The quantitative estimate of drug-likeness (QED) is 0.777. The molecule has 1 aliphatic rings. The van der Waals surface area contributed by atoms with Gasteiger partial charge in [-0.25, -0.2) is 9.97 Å². The molecule has 0 spiro atoms. The summed E-state index contributed by atoms with van der Waals surface area (Å²) in [6.07, 6.45) is 7.11. The summed E-state index contributed by atoms with van der Waals surface area (Å²) in [5.41, 5.74) is 4.42. The van der Waals surface area contributed by atoms with E-state index in [-0.39, 0.29) is 11.8 Å². The van der Waals surface area contributed by atoms with Crippen LogP contribution in [0.4, 0.5) is 0 Å². The molecular formula is C19H23N5O. The number of benzene rings is 1. The molecule has 130 valence electrons. The molecule has 6 heteroatoms. The molecule has 2 heterocycles. The van der Waals surface area contributed by atoms with Gasteiger partial charge in [0.15, 0.2) is 0 Å². The Morgan fingerprint density at radius 3 is 3.16 bits per heavy atom. The van der Waals surface area contributed by atoms with Gasteiger partial charge in [0.1, 0.15) is 0 Å². The number of nitrogens with zero attached hydrogens (tertiary/aromatic N) is 4. The second-order valence-corrected chi connectivity index (χ2v) is 6.81. The maximum absolute atomic E-state index is 12.7. The number of fused-ring (bicyclic) bond motifs is 2. The predicted octanol–water partition coefficient (Wildman–Crippen LogP) is 2.41. The second-order valence-electron chi connectivity index (χ2n) is 6.81. The summed E-state index contributed by atoms with van der Waals surface area (Å²) >= 11 is 0. The van der Waals surface area contributed by atoms with E-state index in [0.29, 0.717) is 0 Å². The van der Waals surface area contributed by atoms with Crippen LogP contribution in [0.25, 0.3) is 11.0 Å². The lowest BCUT2D eigenvalue weighted by molar-refractivity contribution is -0.134. The first-order chi connectivity index (χ1) is 12.2. The van der Waals surface area contributed by atoms with E-state index in [1.807, 2.05) is 36.5 Å². The highest BCUT2D eigenvalue weighted by atomic mass is 16.2. The number of amides is 1. The summed E-state index contributed by atoms with van der Waals surface area (Å²) < 4.78 is 2.16. The van der Waals surface area contributed by atoms with Gasteiger partial charge in [0.2, 0.25) is 5.91 Å². The molecule has 0 fully saturated rings. The van der Waals surface area contributed by atoms with Crippen molar-refractivity contribution in [3.05, 3.63) is 48.3 Å². The number of imidazole rings is 2. The smallest absolute Gasteiger partial charge is 0.225 e. The van der Waals surface area contributed by atoms with Gasteiger partial charge in [0, 0.05) is 38.2 Å². The van der Waals surface area contributed by atoms with Gasteiger partial charge >= 0.3 is 0 Å². The van der Waals surface area contributed by atoms with Crippen LogP contribution in [0.15, 0.2) is 36.9 Å². The molecule has 1 atom stereocenters. The van der Waals surface area contributed by atoms with Gasteiger partial charge in [-0.05, 0) is 31.4 Å². The minimum Gasteiger partial charge on any atom is -0.348 e. The lowest BCUT2D eigenvalue weighted by Gasteiger charge is -2.26. The average molecular weight is 337 g/mol. The molecule has 1 unspecified atom stereocenters. The van der Waals surface area contributed by atoms with Gasteiger partial charge in [0.05, 0.1) is 29.4 Å². The van der Waals surface area contributed by atoms with E-state index in [4.69, 9.17) is 0 Å². The van der Waals surface area contributed by atoms with Crippen LogP contribution in [0, 0.1) is 5.92 Å². The van der Waals surface area contributed by atoms with Gasteiger partial charge < -0.3 is 14.5 Å². The zero-order valence-corrected chi connectivity index (χ0v) is 14.5. The van der Waals surface area contributed by atoms with E-state index in [1.165, 1.54) is 0 Å². The Balaban J connectivity index is 1.31. The van der Waals surface area contributed by atoms with E-state index in [1.54, 1.807) is 6.33 Å². The van der Waals surface area contributed by atoms with E-state index < -0.39 is 0 Å². The Hall–Kier alpha value is -2.63. The van der Waals surface area contributed by atoms with Crippen molar-refractivity contribution in [2.75, 3.05) is 13.6 Å². The van der Waals surface area contributed by atoms with Crippen LogP contribution in [0.2, 0.25) is 0 Å². The van der Waals surface area contributed by atoms with Crippen LogP contribution in [0.1, 0.15) is 24.2 Å². The fraction of sp³-hybridized carbons (Fsp3) is 0.421. The summed E-state index contributed by atoms with van der Waals surface area (Å²) in [6, 6.07) is 8.14. The molecule has 2 aromatic heterocycles. The van der Waals surface area contributed by atoms with Crippen molar-refractivity contribution in [2.45, 2.75) is 32.2 Å². The molecular weight excluding hydrogens is 314 g/mol. The maximum Gasteiger partial charge on any atom is 0.225 e. The zero-order chi connectivity index (χ0) is 17.2. The lowest BCUT2D eigenvalue weighted by atomic mass is 9.89. The standard InChI is InChI=1S/C19H23N5O/c1-23(19(25)14-7-8-15-17(11-14)21-12-20-15)9-4-10-24-13-22-16-5-2-3-6-18(16)24/h2-3,5-6,12-14H,4,7-11H2,1H3,(H,20,21). The van der Waals surface area contributed by atoms with Crippen LogP contribution in [0.3, 0.4) is 0 Å². The first-order valence-corrected chi connectivity index (χ1v) is 8.88. The van der Waals surface area contributed by atoms with E-state index >= 15 is 0 Å². The lowest BCUT2D eigenvalue weighted by Crippen LogP contribution is -2.36. The fourth-order valence-corrected chi connectivity index (χ4v) is 3.70. The van der Waals surface area contributed by atoms with Crippen LogP contribution < -0.4 is 0 Å². The Bertz CT molecular complexity index is 881. The molecule has 1 N–H and O–H groups in total. The number of rotatable bonds is 5. The molecule has 0 saturated carbocycles. The number of carbonyl (C=O) groups is 1. The molecule has 0 bridgehead atoms. The van der Waals surface area contributed by atoms with Crippen molar-refractivity contribution in [3.8, 4) is 0 Å². The maximum atomic E-state index is 12.7. The summed E-state index contributed by atoms with van der Waals surface area (Å²) in [7, 11) is 1.91. The number of hydrogen-bond acceptors (Lipinski definition) is 3. The predicted molar refractivity (Wildman–Crippen MR) is 96.1 cm³/mol. The summed E-state index contributed by atoms with van der Waals surface area (Å²) in [5.74, 6) is 0.322. The first-order valence-electron chi connectivity index (χ1n) is 8.88. The van der Waals surface area contributed by atoms with Crippen molar-refractivity contribution >= 4 is 16.9 Å². The summed E-state index contributed by atoms with van der Waals surface area (Å²) in [5, 5.41) is 0. The molecule has 0 aliphatic heterocycles. The van der Waals surface area contributed by atoms with Crippen LogP contribution in [0.5, 0.6) is 0 Å². The second kappa shape index (κ2) is 6.70.